The Hall–Kier alpha value is -4.84. The highest BCUT2D eigenvalue weighted by Gasteiger charge is 2.40. The fraction of sp³-hybridized carbons (Fsp3) is 0.312. The zero-order valence-electron chi connectivity index (χ0n) is 23.9. The molecule has 2 fully saturated rings. The van der Waals surface area contributed by atoms with Crippen molar-refractivity contribution < 1.29 is 32.7 Å². The molecule has 3 aliphatic rings. The van der Waals surface area contributed by atoms with Crippen LogP contribution in [0.5, 0.6) is 5.75 Å². The Bertz CT molecular complexity index is 1660. The Kier molecular flexibility index (Phi) is 8.00. The molecule has 3 aliphatic heterocycles. The Morgan fingerprint density at radius 2 is 1.77 bits per heavy atom. The minimum Gasteiger partial charge on any atom is -0.488 e. The van der Waals surface area contributed by atoms with Crippen LogP contribution in [0.4, 0.5) is 14.5 Å². The van der Waals surface area contributed by atoms with Crippen molar-refractivity contribution in [3.05, 3.63) is 94.0 Å². The number of carbonyl (C=O) groups is 4. The summed E-state index contributed by atoms with van der Waals surface area (Å²) >= 11 is 0. The quantitative estimate of drug-likeness (QED) is 0.380. The first-order chi connectivity index (χ1) is 21.2. The van der Waals surface area contributed by atoms with E-state index in [2.05, 4.69) is 10.2 Å². The zero-order valence-corrected chi connectivity index (χ0v) is 23.9. The van der Waals surface area contributed by atoms with E-state index in [-0.39, 0.29) is 43.4 Å². The molecular formula is C32H31F2N5O5. The molecule has 2 saturated heterocycles. The van der Waals surface area contributed by atoms with Gasteiger partial charge in [0.15, 0.2) is 0 Å². The predicted octanol–water partition coefficient (Wildman–Crippen LogP) is 2.73. The second kappa shape index (κ2) is 12.0. The molecule has 3 heterocycles. The Labute approximate surface area is 252 Å². The van der Waals surface area contributed by atoms with Crippen molar-refractivity contribution in [1.82, 2.24) is 15.1 Å². The molecule has 0 saturated carbocycles. The number of nitrogens with zero attached hydrogens (tertiary/aromatic N) is 3. The van der Waals surface area contributed by atoms with Crippen LogP contribution in [0.2, 0.25) is 0 Å². The monoisotopic (exact) mass is 603 g/mol. The molecule has 12 heteroatoms. The van der Waals surface area contributed by atoms with Crippen LogP contribution in [0, 0.1) is 11.6 Å². The number of nitrogens with two attached hydrogens (primary N) is 1. The topological polar surface area (TPSA) is 125 Å². The molecular weight excluding hydrogens is 572 g/mol. The van der Waals surface area contributed by atoms with E-state index in [1.807, 2.05) is 11.0 Å². The molecule has 0 spiro atoms. The minimum atomic E-state index is -0.804. The normalized spacial score (nSPS) is 18.8. The third kappa shape index (κ3) is 5.85. The van der Waals surface area contributed by atoms with E-state index in [0.717, 1.165) is 5.56 Å². The second-order valence-corrected chi connectivity index (χ2v) is 11.2. The minimum absolute atomic E-state index is 0.0427. The van der Waals surface area contributed by atoms with E-state index in [4.69, 9.17) is 10.5 Å². The number of piperidine rings is 1. The van der Waals surface area contributed by atoms with Crippen molar-refractivity contribution >= 4 is 29.3 Å². The fourth-order valence-electron chi connectivity index (χ4n) is 5.98. The van der Waals surface area contributed by atoms with Crippen molar-refractivity contribution in [1.29, 1.82) is 0 Å². The first kappa shape index (κ1) is 29.2. The number of benzene rings is 3. The summed E-state index contributed by atoms with van der Waals surface area (Å²) in [4.78, 5) is 53.9. The predicted molar refractivity (Wildman–Crippen MR) is 156 cm³/mol. The number of piperazine rings is 1. The summed E-state index contributed by atoms with van der Waals surface area (Å²) in [7, 11) is 0. The van der Waals surface area contributed by atoms with Gasteiger partial charge in [-0.25, -0.2) is 8.78 Å². The third-order valence-corrected chi connectivity index (χ3v) is 8.40. The van der Waals surface area contributed by atoms with Gasteiger partial charge in [0.1, 0.15) is 30.0 Å². The van der Waals surface area contributed by atoms with Gasteiger partial charge in [-0.1, -0.05) is 18.2 Å². The molecule has 10 nitrogen and oxygen atoms in total. The highest BCUT2D eigenvalue weighted by Crippen LogP contribution is 2.34. The standard InChI is InChI=1S/C32H31F2N5O5/c33-25-14-19(16-37-10-12-38(13-11-37)21-6-7-23(30(35)41)26(34)15-21)4-5-20(25)18-44-28-3-1-2-22-24(28)17-39(32(22)43)27-8-9-29(40)36-31(27)42/h1-7,14-15,27H,8-13,16-18H2,(H2,35,41)(H,36,40,42). The molecule has 3 aromatic rings. The number of imide groups is 1. The SMILES string of the molecule is NC(=O)c1ccc(N2CCN(Cc3ccc(COc4cccc5c4CN(C4CCC(=O)NC4=O)C5=O)c(F)c3)CC2)cc1F. The molecule has 1 unspecified atom stereocenters. The number of amides is 4. The summed E-state index contributed by atoms with van der Waals surface area (Å²) in [6, 6.07) is 13.8. The summed E-state index contributed by atoms with van der Waals surface area (Å²) < 4.78 is 35.3. The van der Waals surface area contributed by atoms with E-state index in [9.17, 15) is 23.6 Å². The maximum atomic E-state index is 15.1. The van der Waals surface area contributed by atoms with Gasteiger partial charge < -0.3 is 20.3 Å². The lowest BCUT2D eigenvalue weighted by atomic mass is 10.0. The molecule has 3 aromatic carbocycles. The lowest BCUT2D eigenvalue weighted by molar-refractivity contribution is -0.136. The van der Waals surface area contributed by atoms with Crippen molar-refractivity contribution in [3.8, 4) is 5.75 Å². The van der Waals surface area contributed by atoms with Crippen LogP contribution < -0.4 is 20.7 Å². The largest absolute Gasteiger partial charge is 0.488 e. The molecule has 44 heavy (non-hydrogen) atoms. The van der Waals surface area contributed by atoms with E-state index < -0.39 is 29.5 Å². The molecule has 0 radical (unpaired) electrons. The van der Waals surface area contributed by atoms with Crippen LogP contribution in [0.3, 0.4) is 0 Å². The van der Waals surface area contributed by atoms with Crippen molar-refractivity contribution in [3.63, 3.8) is 0 Å². The van der Waals surface area contributed by atoms with E-state index in [1.165, 1.54) is 23.1 Å². The zero-order chi connectivity index (χ0) is 31.0. The summed E-state index contributed by atoms with van der Waals surface area (Å²) in [6.07, 6.45) is 0.431. The average Bonchev–Trinajstić information content (AvgIpc) is 3.33. The number of hydrogen-bond donors (Lipinski definition) is 2. The maximum Gasteiger partial charge on any atom is 0.255 e. The summed E-state index contributed by atoms with van der Waals surface area (Å²) in [6.45, 7) is 3.35. The number of primary amides is 1. The van der Waals surface area contributed by atoms with Gasteiger partial charge in [0.2, 0.25) is 11.8 Å². The van der Waals surface area contributed by atoms with Crippen molar-refractivity contribution in [2.45, 2.75) is 38.6 Å². The molecule has 0 aromatic heterocycles. The van der Waals surface area contributed by atoms with Gasteiger partial charge in [-0.05, 0) is 48.4 Å². The second-order valence-electron chi connectivity index (χ2n) is 11.2. The van der Waals surface area contributed by atoms with Crippen molar-refractivity contribution in [2.24, 2.45) is 5.73 Å². The molecule has 228 valence electrons. The fourth-order valence-corrected chi connectivity index (χ4v) is 5.98. The number of carbonyl (C=O) groups excluding carboxylic acids is 4. The van der Waals surface area contributed by atoms with E-state index >= 15 is 4.39 Å². The summed E-state index contributed by atoms with van der Waals surface area (Å²) in [5.41, 5.74) is 7.97. The average molecular weight is 604 g/mol. The van der Waals surface area contributed by atoms with Gasteiger partial charge in [0, 0.05) is 61.5 Å². The number of halogens is 2. The van der Waals surface area contributed by atoms with Crippen LogP contribution in [0.1, 0.15) is 50.2 Å². The van der Waals surface area contributed by atoms with Crippen LogP contribution in [-0.4, -0.2) is 65.6 Å². The van der Waals surface area contributed by atoms with Crippen LogP contribution in [0.25, 0.3) is 0 Å². The van der Waals surface area contributed by atoms with Gasteiger partial charge in [0.25, 0.3) is 11.8 Å². The summed E-state index contributed by atoms with van der Waals surface area (Å²) in [5.74, 6) is -2.54. The third-order valence-electron chi connectivity index (χ3n) is 8.40. The lowest BCUT2D eigenvalue weighted by Crippen LogP contribution is -2.52. The Morgan fingerprint density at radius 1 is 0.977 bits per heavy atom. The molecule has 0 aliphatic carbocycles. The van der Waals surface area contributed by atoms with E-state index in [0.29, 0.717) is 60.9 Å². The van der Waals surface area contributed by atoms with Gasteiger partial charge >= 0.3 is 0 Å². The van der Waals surface area contributed by atoms with Gasteiger partial charge in [0.05, 0.1) is 12.1 Å². The Balaban J connectivity index is 1.04. The number of rotatable bonds is 8. The Morgan fingerprint density at radius 3 is 2.48 bits per heavy atom. The molecule has 6 rings (SSSR count). The smallest absolute Gasteiger partial charge is 0.255 e. The molecule has 0 bridgehead atoms. The summed E-state index contributed by atoms with van der Waals surface area (Å²) in [5, 5.41) is 2.29. The lowest BCUT2D eigenvalue weighted by Gasteiger charge is -2.36. The van der Waals surface area contributed by atoms with Crippen LogP contribution in [-0.2, 0) is 29.3 Å². The first-order valence-corrected chi connectivity index (χ1v) is 14.4. The molecule has 3 N–H and O–H groups in total. The van der Waals surface area contributed by atoms with Crippen molar-refractivity contribution in [2.75, 3.05) is 31.1 Å². The number of nitrogens with one attached hydrogen (secondary N) is 1. The molecule has 4 amide bonds. The maximum absolute atomic E-state index is 15.1. The first-order valence-electron chi connectivity index (χ1n) is 14.4. The highest BCUT2D eigenvalue weighted by atomic mass is 19.1. The van der Waals surface area contributed by atoms with Crippen LogP contribution in [0.15, 0.2) is 54.6 Å². The van der Waals surface area contributed by atoms with Gasteiger partial charge in [-0.15, -0.1) is 0 Å². The van der Waals surface area contributed by atoms with Crippen LogP contribution >= 0.6 is 0 Å². The molecule has 1 atom stereocenters. The van der Waals surface area contributed by atoms with Gasteiger partial charge in [-0.3, -0.25) is 29.4 Å². The highest BCUT2D eigenvalue weighted by molar-refractivity contribution is 6.05. The number of ether oxygens (including phenoxy) is 1. The number of fused-ring (bicyclic) bond motifs is 1. The number of anilines is 1. The number of hydrogen-bond acceptors (Lipinski definition) is 7. The van der Waals surface area contributed by atoms with E-state index in [1.54, 1.807) is 30.3 Å². The van der Waals surface area contributed by atoms with Gasteiger partial charge in [-0.2, -0.15) is 0 Å².